The van der Waals surface area contributed by atoms with E-state index in [4.69, 9.17) is 8.94 Å². The Morgan fingerprint density at radius 3 is 2.62 bits per heavy atom. The van der Waals surface area contributed by atoms with Crippen LogP contribution >= 0.6 is 0 Å². The topological polar surface area (TPSA) is 111 Å². The van der Waals surface area contributed by atoms with E-state index in [-0.39, 0.29) is 40.2 Å². The molecule has 0 aliphatic carbocycles. The number of hydrogen-bond acceptors (Lipinski definition) is 7. The van der Waals surface area contributed by atoms with Gasteiger partial charge in [0.1, 0.15) is 16.4 Å². The molecule has 24 heavy (non-hydrogen) atoms. The second kappa shape index (κ2) is 6.13. The predicted octanol–water partition coefficient (Wildman–Crippen LogP) is 1.96. The van der Waals surface area contributed by atoms with Crippen LogP contribution in [0, 0.1) is 19.7 Å². The highest BCUT2D eigenvalue weighted by Crippen LogP contribution is 2.22. The Morgan fingerprint density at radius 2 is 1.96 bits per heavy atom. The maximum Gasteiger partial charge on any atom is 0.250 e. The number of aromatic nitrogens is 3. The largest absolute Gasteiger partial charge is 0.419 e. The highest BCUT2D eigenvalue weighted by atomic mass is 32.2. The van der Waals surface area contributed by atoms with Crippen molar-refractivity contribution in [1.29, 1.82) is 0 Å². The van der Waals surface area contributed by atoms with E-state index in [0.29, 0.717) is 0 Å². The summed E-state index contributed by atoms with van der Waals surface area (Å²) in [6.45, 7) is 2.78. The highest BCUT2D eigenvalue weighted by Gasteiger charge is 2.24. The molecule has 0 saturated carbocycles. The van der Waals surface area contributed by atoms with Crippen molar-refractivity contribution >= 4 is 10.0 Å². The SMILES string of the molecule is Cc1noc(C)c1S(=O)(=O)NCc1nnc(-c2ccccc2F)o1. The average molecular weight is 352 g/mol. The van der Waals surface area contributed by atoms with Gasteiger partial charge in [-0.1, -0.05) is 17.3 Å². The van der Waals surface area contributed by atoms with E-state index in [9.17, 15) is 12.8 Å². The van der Waals surface area contributed by atoms with Crippen molar-refractivity contribution in [3.63, 3.8) is 0 Å². The van der Waals surface area contributed by atoms with Crippen LogP contribution in [-0.2, 0) is 16.6 Å². The summed E-state index contributed by atoms with van der Waals surface area (Å²) in [7, 11) is -3.85. The fraction of sp³-hybridized carbons (Fsp3) is 0.214. The van der Waals surface area contributed by atoms with E-state index >= 15 is 0 Å². The predicted molar refractivity (Wildman–Crippen MR) is 79.7 cm³/mol. The van der Waals surface area contributed by atoms with Crippen molar-refractivity contribution in [2.24, 2.45) is 0 Å². The van der Waals surface area contributed by atoms with Crippen molar-refractivity contribution in [3.8, 4) is 11.5 Å². The number of nitrogens with zero attached hydrogens (tertiary/aromatic N) is 3. The molecule has 1 N–H and O–H groups in total. The standard InChI is InChI=1S/C14H13FN4O4S/c1-8-13(9(2)23-19-8)24(20,21)16-7-12-17-18-14(22-12)10-5-3-4-6-11(10)15/h3-6,16H,7H2,1-2H3. The Bertz CT molecular complexity index is 961. The molecule has 0 saturated heterocycles. The summed E-state index contributed by atoms with van der Waals surface area (Å²) in [6, 6.07) is 5.91. The Morgan fingerprint density at radius 1 is 1.21 bits per heavy atom. The third kappa shape index (κ3) is 3.05. The molecule has 0 atom stereocenters. The zero-order valence-corrected chi connectivity index (χ0v) is 13.6. The minimum Gasteiger partial charge on any atom is -0.419 e. The Hall–Kier alpha value is -2.59. The van der Waals surface area contributed by atoms with Crippen LogP contribution in [0.25, 0.3) is 11.5 Å². The molecule has 10 heteroatoms. The molecule has 0 fully saturated rings. The Labute approximate surface area is 136 Å². The van der Waals surface area contributed by atoms with Gasteiger partial charge in [-0.15, -0.1) is 10.2 Å². The first-order chi connectivity index (χ1) is 11.4. The lowest BCUT2D eigenvalue weighted by molar-refractivity contribution is 0.390. The van der Waals surface area contributed by atoms with Gasteiger partial charge in [-0.25, -0.2) is 17.5 Å². The molecule has 0 aliphatic heterocycles. The second-order valence-corrected chi connectivity index (χ2v) is 6.66. The lowest BCUT2D eigenvalue weighted by Crippen LogP contribution is -2.24. The summed E-state index contributed by atoms with van der Waals surface area (Å²) in [6.07, 6.45) is 0. The van der Waals surface area contributed by atoms with E-state index in [1.165, 1.54) is 32.0 Å². The number of benzene rings is 1. The first-order valence-electron chi connectivity index (χ1n) is 6.88. The molecule has 3 rings (SSSR count). The Balaban J connectivity index is 1.78. The van der Waals surface area contributed by atoms with Crippen LogP contribution in [0.2, 0.25) is 0 Å². The van der Waals surface area contributed by atoms with Crippen molar-refractivity contribution in [1.82, 2.24) is 20.1 Å². The van der Waals surface area contributed by atoms with Gasteiger partial charge in [0.25, 0.3) is 5.89 Å². The molecule has 3 aromatic rings. The molecule has 2 aromatic heterocycles. The zero-order chi connectivity index (χ0) is 17.3. The summed E-state index contributed by atoms with van der Waals surface area (Å²) in [5.41, 5.74) is 0.391. The fourth-order valence-corrected chi connectivity index (χ4v) is 3.46. The van der Waals surface area contributed by atoms with E-state index in [1.54, 1.807) is 6.07 Å². The normalized spacial score (nSPS) is 11.8. The monoisotopic (exact) mass is 352 g/mol. The van der Waals surface area contributed by atoms with Crippen LogP contribution in [0.15, 0.2) is 38.1 Å². The second-order valence-electron chi connectivity index (χ2n) is 4.96. The molecule has 126 valence electrons. The highest BCUT2D eigenvalue weighted by molar-refractivity contribution is 7.89. The van der Waals surface area contributed by atoms with Gasteiger partial charge >= 0.3 is 0 Å². The summed E-state index contributed by atoms with van der Waals surface area (Å²) in [5, 5.41) is 11.0. The summed E-state index contributed by atoms with van der Waals surface area (Å²) >= 11 is 0. The molecule has 0 amide bonds. The van der Waals surface area contributed by atoms with Crippen molar-refractivity contribution in [3.05, 3.63) is 47.4 Å². The average Bonchev–Trinajstić information content (AvgIpc) is 3.13. The third-order valence-electron chi connectivity index (χ3n) is 3.22. The van der Waals surface area contributed by atoms with Crippen LogP contribution < -0.4 is 4.72 Å². The van der Waals surface area contributed by atoms with Crippen molar-refractivity contribution in [2.45, 2.75) is 25.3 Å². The molecule has 0 spiro atoms. The van der Waals surface area contributed by atoms with Gasteiger partial charge in [0, 0.05) is 0 Å². The zero-order valence-electron chi connectivity index (χ0n) is 12.8. The molecule has 8 nitrogen and oxygen atoms in total. The summed E-state index contributed by atoms with van der Waals surface area (Å²) < 4.78 is 50.7. The maximum atomic E-state index is 13.7. The van der Waals surface area contributed by atoms with Crippen molar-refractivity contribution in [2.75, 3.05) is 0 Å². The van der Waals surface area contributed by atoms with Gasteiger partial charge in [-0.05, 0) is 26.0 Å². The molecular weight excluding hydrogens is 339 g/mol. The number of hydrogen-bond donors (Lipinski definition) is 1. The molecule has 1 aromatic carbocycles. The maximum absolute atomic E-state index is 13.7. The summed E-state index contributed by atoms with van der Waals surface area (Å²) in [5.74, 6) is -0.357. The van der Waals surface area contributed by atoms with Crippen LogP contribution in [0.1, 0.15) is 17.3 Å². The lowest BCUT2D eigenvalue weighted by atomic mass is 10.2. The quantitative estimate of drug-likeness (QED) is 0.747. The van der Waals surface area contributed by atoms with Gasteiger partial charge in [0.15, 0.2) is 5.76 Å². The fourth-order valence-electron chi connectivity index (χ4n) is 2.16. The van der Waals surface area contributed by atoms with Gasteiger partial charge in [-0.2, -0.15) is 0 Å². The van der Waals surface area contributed by atoms with Gasteiger partial charge in [-0.3, -0.25) is 0 Å². The van der Waals surface area contributed by atoms with E-state index in [0.717, 1.165) is 0 Å². The Kier molecular flexibility index (Phi) is 4.16. The number of aryl methyl sites for hydroxylation is 2. The summed E-state index contributed by atoms with van der Waals surface area (Å²) in [4.78, 5) is -0.0312. The van der Waals surface area contributed by atoms with E-state index < -0.39 is 15.8 Å². The first-order valence-corrected chi connectivity index (χ1v) is 8.36. The molecule has 0 bridgehead atoms. The minimum atomic E-state index is -3.85. The number of sulfonamides is 1. The van der Waals surface area contributed by atoms with Crippen LogP contribution in [-0.4, -0.2) is 23.8 Å². The first kappa shape index (κ1) is 16.3. The number of rotatable bonds is 5. The smallest absolute Gasteiger partial charge is 0.250 e. The molecular formula is C14H13FN4O4S. The van der Waals surface area contributed by atoms with Crippen LogP contribution in [0.5, 0.6) is 0 Å². The van der Waals surface area contributed by atoms with Crippen LogP contribution in [0.4, 0.5) is 4.39 Å². The van der Waals surface area contributed by atoms with Crippen LogP contribution in [0.3, 0.4) is 0 Å². The van der Waals surface area contributed by atoms with E-state index in [2.05, 4.69) is 20.1 Å². The van der Waals surface area contributed by atoms with Gasteiger partial charge < -0.3 is 8.94 Å². The van der Waals surface area contributed by atoms with Gasteiger partial charge in [0.2, 0.25) is 15.9 Å². The number of halogens is 1. The molecule has 0 aliphatic rings. The van der Waals surface area contributed by atoms with Gasteiger partial charge in [0.05, 0.1) is 12.1 Å². The molecule has 0 radical (unpaired) electrons. The number of nitrogens with one attached hydrogen (secondary N) is 1. The molecule has 0 unspecified atom stereocenters. The minimum absolute atomic E-state index is 0.00332. The lowest BCUT2D eigenvalue weighted by Gasteiger charge is -2.03. The van der Waals surface area contributed by atoms with Crippen molar-refractivity contribution < 1.29 is 21.7 Å². The third-order valence-corrected chi connectivity index (χ3v) is 4.87. The molecule has 2 heterocycles. The van der Waals surface area contributed by atoms with E-state index in [1.807, 2.05) is 0 Å².